The zero-order valence-corrected chi connectivity index (χ0v) is 17.3. The van der Waals surface area contributed by atoms with Gasteiger partial charge in [0.05, 0.1) is 16.3 Å². The Morgan fingerprint density at radius 2 is 1.97 bits per heavy atom. The summed E-state index contributed by atoms with van der Waals surface area (Å²) in [6.45, 7) is 3.26. The van der Waals surface area contributed by atoms with Crippen molar-refractivity contribution in [3.05, 3.63) is 46.7 Å². The Morgan fingerprint density at radius 3 is 2.55 bits per heavy atom. The number of ether oxygens (including phenoxy) is 2. The molecule has 166 valence electrons. The first-order chi connectivity index (χ1) is 14.4. The van der Waals surface area contributed by atoms with Crippen LogP contribution < -0.4 is 19.7 Å². The molecule has 0 radical (unpaired) electrons. The Morgan fingerprint density at radius 1 is 1.29 bits per heavy atom. The predicted octanol–water partition coefficient (Wildman–Crippen LogP) is 4.54. The van der Waals surface area contributed by atoms with Crippen LogP contribution in [0.25, 0.3) is 0 Å². The van der Waals surface area contributed by atoms with Crippen molar-refractivity contribution in [3.63, 3.8) is 0 Å². The summed E-state index contributed by atoms with van der Waals surface area (Å²) in [5.41, 5.74) is -2.79. The first-order valence-electron chi connectivity index (χ1n) is 9.02. The highest BCUT2D eigenvalue weighted by Crippen LogP contribution is 2.43. The first kappa shape index (κ1) is 22.7. The van der Waals surface area contributed by atoms with Gasteiger partial charge in [0.1, 0.15) is 11.5 Å². The van der Waals surface area contributed by atoms with Crippen LogP contribution in [0.4, 0.5) is 23.2 Å². The number of hydrogen-bond acceptors (Lipinski definition) is 4. The Kier molecular flexibility index (Phi) is 5.79. The van der Waals surface area contributed by atoms with E-state index in [2.05, 4.69) is 5.32 Å². The van der Waals surface area contributed by atoms with Crippen LogP contribution in [0.3, 0.4) is 0 Å². The molecule has 1 atom stereocenters. The molecule has 11 heteroatoms. The van der Waals surface area contributed by atoms with E-state index in [1.165, 1.54) is 37.1 Å². The average molecular weight is 461 g/mol. The molecule has 0 bridgehead atoms. The number of amides is 2. The number of likely N-dealkylation sites (N-methyl/N-ethyl adjacent to an activating group) is 2. The largest absolute Gasteiger partial charge is 0.465 e. The van der Waals surface area contributed by atoms with Gasteiger partial charge in [0.25, 0.3) is 17.4 Å². The lowest BCUT2D eigenvalue weighted by Crippen LogP contribution is -2.61. The Labute approximate surface area is 179 Å². The fourth-order valence-electron chi connectivity index (χ4n) is 3.02. The van der Waals surface area contributed by atoms with E-state index in [-0.39, 0.29) is 24.1 Å². The molecule has 0 fully saturated rings. The highest BCUT2D eigenvalue weighted by atomic mass is 35.5. The van der Waals surface area contributed by atoms with Gasteiger partial charge < -0.3 is 19.7 Å². The lowest BCUT2D eigenvalue weighted by atomic mass is 10.0. The number of nitrogens with one attached hydrogen (secondary N) is 1. The molecular formula is C20H17ClF4N2O4. The van der Waals surface area contributed by atoms with E-state index in [0.717, 1.165) is 0 Å². The molecule has 0 aliphatic carbocycles. The molecule has 1 aliphatic rings. The minimum atomic E-state index is -4.77. The fourth-order valence-corrected chi connectivity index (χ4v) is 3.27. The number of rotatable bonds is 4. The number of hydrogen-bond donors (Lipinski definition) is 1. The van der Waals surface area contributed by atoms with Gasteiger partial charge in [-0.05, 0) is 38.1 Å². The molecule has 6 nitrogen and oxygen atoms in total. The summed E-state index contributed by atoms with van der Waals surface area (Å²) in [5.74, 6) is -3.12. The maximum Gasteiger partial charge on any atom is 0.416 e. The fraction of sp³-hybridized carbons (Fsp3) is 0.300. The molecule has 1 unspecified atom stereocenters. The maximum atomic E-state index is 14.2. The number of alkyl halides is 3. The lowest BCUT2D eigenvalue weighted by Gasteiger charge is -2.37. The molecule has 0 saturated carbocycles. The SMILES string of the molecule is CCNC(=O)C1(C)Oc2cc(Oc3c(F)cc(C(F)(F)F)cc3Cl)ccc2N(C)C1=O. The molecule has 2 amide bonds. The average Bonchev–Trinajstić information content (AvgIpc) is 2.68. The van der Waals surface area contributed by atoms with Crippen LogP contribution in [-0.4, -0.2) is 31.0 Å². The van der Waals surface area contributed by atoms with Gasteiger partial charge in [-0.2, -0.15) is 13.2 Å². The first-order valence-corrected chi connectivity index (χ1v) is 9.40. The second-order valence-corrected chi connectivity index (χ2v) is 7.26. The quantitative estimate of drug-likeness (QED) is 0.537. The van der Waals surface area contributed by atoms with Crippen LogP contribution in [0.5, 0.6) is 17.2 Å². The van der Waals surface area contributed by atoms with Crippen LogP contribution in [0.15, 0.2) is 30.3 Å². The standard InChI is InChI=1S/C20H17ClF4N2O4/c1-4-26-17(28)19(2)18(29)27(3)14-6-5-11(9-15(14)31-19)30-16-12(21)7-10(8-13(16)22)20(23,24)25/h5-9H,4H2,1-3H3,(H,26,28). The Balaban J connectivity index is 1.96. The van der Waals surface area contributed by atoms with E-state index in [1.807, 2.05) is 0 Å². The van der Waals surface area contributed by atoms with Crippen molar-refractivity contribution >= 4 is 29.1 Å². The van der Waals surface area contributed by atoms with Crippen LogP contribution in [-0.2, 0) is 15.8 Å². The number of halogens is 5. The van der Waals surface area contributed by atoms with Crippen LogP contribution in [0, 0.1) is 5.82 Å². The van der Waals surface area contributed by atoms with Gasteiger partial charge in [-0.15, -0.1) is 0 Å². The van der Waals surface area contributed by atoms with Crippen LogP contribution >= 0.6 is 11.6 Å². The molecule has 1 aliphatic heterocycles. The van der Waals surface area contributed by atoms with Gasteiger partial charge in [0, 0.05) is 19.7 Å². The molecule has 31 heavy (non-hydrogen) atoms. The summed E-state index contributed by atoms with van der Waals surface area (Å²) in [7, 11) is 1.45. The zero-order valence-electron chi connectivity index (χ0n) is 16.6. The third-order valence-corrected chi connectivity index (χ3v) is 4.92. The van der Waals surface area contributed by atoms with Gasteiger partial charge in [-0.25, -0.2) is 4.39 Å². The second kappa shape index (κ2) is 7.92. The molecule has 1 N–H and O–H groups in total. The van der Waals surface area contributed by atoms with Crippen molar-refractivity contribution in [2.45, 2.75) is 25.6 Å². The zero-order chi connectivity index (χ0) is 23.1. The summed E-state index contributed by atoms with van der Waals surface area (Å²) >= 11 is 5.80. The highest BCUT2D eigenvalue weighted by Gasteiger charge is 2.49. The molecule has 0 spiro atoms. The number of carbonyl (C=O) groups is 2. The van der Waals surface area contributed by atoms with Crippen LogP contribution in [0.1, 0.15) is 19.4 Å². The predicted molar refractivity (Wildman–Crippen MR) is 104 cm³/mol. The number of carbonyl (C=O) groups excluding carboxylic acids is 2. The molecule has 0 aromatic heterocycles. The number of anilines is 1. The molecule has 0 saturated heterocycles. The highest BCUT2D eigenvalue weighted by molar-refractivity contribution is 6.32. The summed E-state index contributed by atoms with van der Waals surface area (Å²) in [6.07, 6.45) is -4.77. The van der Waals surface area contributed by atoms with Crippen molar-refractivity contribution in [2.24, 2.45) is 0 Å². The molecular weight excluding hydrogens is 444 g/mol. The third kappa shape index (κ3) is 4.12. The molecule has 1 heterocycles. The van der Waals surface area contributed by atoms with Gasteiger partial charge >= 0.3 is 6.18 Å². The van der Waals surface area contributed by atoms with Gasteiger partial charge in [0.2, 0.25) is 0 Å². The minimum absolute atomic E-state index is 0.0275. The molecule has 3 rings (SSSR count). The van der Waals surface area contributed by atoms with E-state index < -0.39 is 45.7 Å². The van der Waals surface area contributed by atoms with E-state index in [0.29, 0.717) is 11.8 Å². The van der Waals surface area contributed by atoms with Gasteiger partial charge in [-0.1, -0.05) is 11.6 Å². The van der Waals surface area contributed by atoms with E-state index >= 15 is 0 Å². The lowest BCUT2D eigenvalue weighted by molar-refractivity contribution is -0.148. The van der Waals surface area contributed by atoms with Crippen molar-refractivity contribution in [1.82, 2.24) is 5.32 Å². The van der Waals surface area contributed by atoms with Crippen molar-refractivity contribution in [3.8, 4) is 17.2 Å². The third-order valence-electron chi connectivity index (χ3n) is 4.64. The van der Waals surface area contributed by atoms with E-state index in [9.17, 15) is 27.2 Å². The minimum Gasteiger partial charge on any atom is -0.465 e. The number of benzene rings is 2. The van der Waals surface area contributed by atoms with Crippen molar-refractivity contribution in [1.29, 1.82) is 0 Å². The van der Waals surface area contributed by atoms with E-state index in [1.54, 1.807) is 6.92 Å². The Bertz CT molecular complexity index is 1040. The molecule has 2 aromatic rings. The molecule has 2 aromatic carbocycles. The summed E-state index contributed by atoms with van der Waals surface area (Å²) in [6, 6.07) is 4.88. The smallest absolute Gasteiger partial charge is 0.416 e. The van der Waals surface area contributed by atoms with E-state index in [4.69, 9.17) is 21.1 Å². The second-order valence-electron chi connectivity index (χ2n) is 6.86. The van der Waals surface area contributed by atoms with Crippen molar-refractivity contribution < 1.29 is 36.6 Å². The maximum absolute atomic E-state index is 14.2. The monoisotopic (exact) mass is 460 g/mol. The summed E-state index contributed by atoms with van der Waals surface area (Å²) in [5, 5.41) is 1.94. The summed E-state index contributed by atoms with van der Waals surface area (Å²) in [4.78, 5) is 26.3. The van der Waals surface area contributed by atoms with Crippen LogP contribution in [0.2, 0.25) is 5.02 Å². The topological polar surface area (TPSA) is 67.9 Å². The Hall–Kier alpha value is -3.01. The van der Waals surface area contributed by atoms with Crippen molar-refractivity contribution in [2.75, 3.05) is 18.5 Å². The number of nitrogens with zero attached hydrogens (tertiary/aromatic N) is 1. The van der Waals surface area contributed by atoms with Gasteiger partial charge in [0.15, 0.2) is 11.6 Å². The normalized spacial score (nSPS) is 18.3. The number of fused-ring (bicyclic) bond motifs is 1. The van der Waals surface area contributed by atoms with Gasteiger partial charge in [-0.3, -0.25) is 9.59 Å². The summed E-state index contributed by atoms with van der Waals surface area (Å²) < 4.78 is 63.7.